The first-order valence-corrected chi connectivity index (χ1v) is 8.47. The molecule has 2 aliphatic carbocycles. The van der Waals surface area contributed by atoms with Crippen LogP contribution < -0.4 is 5.32 Å². The second-order valence-electron chi connectivity index (χ2n) is 6.64. The third-order valence-corrected chi connectivity index (χ3v) is 5.14. The predicted molar refractivity (Wildman–Crippen MR) is 85.3 cm³/mol. The summed E-state index contributed by atoms with van der Waals surface area (Å²) in [6.45, 7) is 2.25. The van der Waals surface area contributed by atoms with Crippen LogP contribution in [0.1, 0.15) is 68.7 Å². The molecule has 0 spiro atoms. The number of hydrogen-bond acceptors (Lipinski definition) is 3. The second kappa shape index (κ2) is 6.47. The van der Waals surface area contributed by atoms with E-state index in [-0.39, 0.29) is 0 Å². The highest BCUT2D eigenvalue weighted by Crippen LogP contribution is 2.29. The maximum absolute atomic E-state index is 9.41. The highest BCUT2D eigenvalue weighted by molar-refractivity contribution is 5.55. The van der Waals surface area contributed by atoms with Gasteiger partial charge < -0.3 is 5.32 Å². The summed E-state index contributed by atoms with van der Waals surface area (Å²) in [5.74, 6) is 1.54. The summed E-state index contributed by atoms with van der Waals surface area (Å²) in [6, 6.07) is 4.80. The Morgan fingerprint density at radius 2 is 1.95 bits per heavy atom. The summed E-state index contributed by atoms with van der Waals surface area (Å²) in [5, 5.41) is 13.0. The minimum atomic E-state index is 0.409. The Bertz CT molecular complexity index is 538. The third-order valence-electron chi connectivity index (χ3n) is 5.14. The maximum Gasteiger partial charge on any atom is 0.144 e. The Balaban J connectivity index is 1.79. The van der Waals surface area contributed by atoms with Gasteiger partial charge in [-0.25, -0.2) is 4.98 Å². The van der Waals surface area contributed by atoms with Gasteiger partial charge in [0.1, 0.15) is 11.9 Å². The summed E-state index contributed by atoms with van der Waals surface area (Å²) < 4.78 is 0. The molecule has 1 heterocycles. The molecule has 1 atom stereocenters. The average molecular weight is 283 g/mol. The van der Waals surface area contributed by atoms with E-state index in [1.165, 1.54) is 56.2 Å². The van der Waals surface area contributed by atoms with E-state index in [4.69, 9.17) is 4.98 Å². The van der Waals surface area contributed by atoms with Crippen LogP contribution in [0.15, 0.2) is 6.07 Å². The van der Waals surface area contributed by atoms with Crippen LogP contribution in [-0.2, 0) is 12.8 Å². The fourth-order valence-electron chi connectivity index (χ4n) is 3.80. The molecule has 1 aromatic rings. The normalized spacial score (nSPS) is 20.4. The molecule has 0 aromatic carbocycles. The minimum Gasteiger partial charge on any atom is -0.366 e. The van der Waals surface area contributed by atoms with Gasteiger partial charge in [0, 0.05) is 11.7 Å². The van der Waals surface area contributed by atoms with Crippen molar-refractivity contribution < 1.29 is 0 Å². The standard InChI is InChI=1S/C18H25N3/c1-13(14-7-3-2-4-8-14)20-18-16(12-19)11-15-9-5-6-10-17(15)21-18/h11,13-14H,2-10H2,1H3,(H,20,21). The van der Waals surface area contributed by atoms with Crippen LogP contribution in [-0.4, -0.2) is 11.0 Å². The van der Waals surface area contributed by atoms with Crippen LogP contribution in [0, 0.1) is 17.2 Å². The van der Waals surface area contributed by atoms with Gasteiger partial charge in [-0.05, 0) is 63.0 Å². The molecule has 3 heteroatoms. The molecule has 1 unspecified atom stereocenters. The van der Waals surface area contributed by atoms with Crippen LogP contribution in [0.5, 0.6) is 0 Å². The van der Waals surface area contributed by atoms with Gasteiger partial charge in [-0.15, -0.1) is 0 Å². The summed E-state index contributed by atoms with van der Waals surface area (Å²) in [4.78, 5) is 4.79. The summed E-state index contributed by atoms with van der Waals surface area (Å²) in [6.07, 6.45) is 11.3. The molecule has 1 aromatic heterocycles. The van der Waals surface area contributed by atoms with Crippen LogP contribution in [0.4, 0.5) is 5.82 Å². The Labute approximate surface area is 127 Å². The van der Waals surface area contributed by atoms with Crippen molar-refractivity contribution in [3.05, 3.63) is 22.9 Å². The smallest absolute Gasteiger partial charge is 0.144 e. The number of nitrogens with zero attached hydrogens (tertiary/aromatic N) is 2. The zero-order chi connectivity index (χ0) is 14.7. The molecule has 3 nitrogen and oxygen atoms in total. The number of pyridine rings is 1. The van der Waals surface area contributed by atoms with E-state index in [9.17, 15) is 5.26 Å². The number of aryl methyl sites for hydroxylation is 2. The predicted octanol–water partition coefficient (Wildman–Crippen LogP) is 4.21. The van der Waals surface area contributed by atoms with E-state index in [1.54, 1.807) is 0 Å². The number of hydrogen-bond donors (Lipinski definition) is 1. The van der Waals surface area contributed by atoms with Crippen molar-refractivity contribution in [1.29, 1.82) is 5.26 Å². The van der Waals surface area contributed by atoms with Crippen molar-refractivity contribution in [2.24, 2.45) is 5.92 Å². The molecular formula is C18H25N3. The van der Waals surface area contributed by atoms with Crippen LogP contribution in [0.3, 0.4) is 0 Å². The minimum absolute atomic E-state index is 0.409. The zero-order valence-corrected chi connectivity index (χ0v) is 13.0. The third kappa shape index (κ3) is 3.20. The monoisotopic (exact) mass is 283 g/mol. The van der Waals surface area contributed by atoms with E-state index in [2.05, 4.69) is 24.4 Å². The highest BCUT2D eigenvalue weighted by atomic mass is 15.0. The molecule has 0 aliphatic heterocycles. The molecule has 0 amide bonds. The second-order valence-corrected chi connectivity index (χ2v) is 6.64. The molecular weight excluding hydrogens is 258 g/mol. The molecule has 0 saturated heterocycles. The lowest BCUT2D eigenvalue weighted by Crippen LogP contribution is -2.28. The molecule has 3 rings (SSSR count). The first-order chi connectivity index (χ1) is 10.3. The number of aromatic nitrogens is 1. The van der Waals surface area contributed by atoms with E-state index in [0.29, 0.717) is 6.04 Å². The molecule has 0 radical (unpaired) electrons. The van der Waals surface area contributed by atoms with Crippen molar-refractivity contribution in [1.82, 2.24) is 4.98 Å². The lowest BCUT2D eigenvalue weighted by Gasteiger charge is -2.29. The number of rotatable bonds is 3. The van der Waals surface area contributed by atoms with Gasteiger partial charge in [0.2, 0.25) is 0 Å². The zero-order valence-electron chi connectivity index (χ0n) is 13.0. The van der Waals surface area contributed by atoms with Crippen molar-refractivity contribution in [2.75, 3.05) is 5.32 Å². The summed E-state index contributed by atoms with van der Waals surface area (Å²) in [5.41, 5.74) is 3.21. The number of fused-ring (bicyclic) bond motifs is 1. The number of nitrogens with one attached hydrogen (secondary N) is 1. The molecule has 1 N–H and O–H groups in total. The van der Waals surface area contributed by atoms with Gasteiger partial charge in [0.05, 0.1) is 5.56 Å². The molecule has 21 heavy (non-hydrogen) atoms. The van der Waals surface area contributed by atoms with Crippen LogP contribution in [0.2, 0.25) is 0 Å². The molecule has 0 bridgehead atoms. The summed E-state index contributed by atoms with van der Waals surface area (Å²) in [7, 11) is 0. The first kappa shape index (κ1) is 14.4. The molecule has 112 valence electrons. The topological polar surface area (TPSA) is 48.7 Å². The SMILES string of the molecule is CC(Nc1nc2c(cc1C#N)CCCC2)C1CCCCC1. The molecule has 2 aliphatic rings. The van der Waals surface area contributed by atoms with Crippen molar-refractivity contribution in [2.45, 2.75) is 70.8 Å². The van der Waals surface area contributed by atoms with Crippen LogP contribution >= 0.6 is 0 Å². The van der Waals surface area contributed by atoms with Gasteiger partial charge in [0.15, 0.2) is 0 Å². The van der Waals surface area contributed by atoms with Gasteiger partial charge in [-0.1, -0.05) is 19.3 Å². The maximum atomic E-state index is 9.41. The molecule has 1 fully saturated rings. The summed E-state index contributed by atoms with van der Waals surface area (Å²) >= 11 is 0. The fraction of sp³-hybridized carbons (Fsp3) is 0.667. The van der Waals surface area contributed by atoms with Gasteiger partial charge in [-0.3, -0.25) is 0 Å². The molecule has 1 saturated carbocycles. The quantitative estimate of drug-likeness (QED) is 0.903. The number of nitriles is 1. The lowest BCUT2D eigenvalue weighted by atomic mass is 9.84. The largest absolute Gasteiger partial charge is 0.366 e. The van der Waals surface area contributed by atoms with Crippen molar-refractivity contribution in [3.8, 4) is 6.07 Å². The van der Waals surface area contributed by atoms with Gasteiger partial charge in [0.25, 0.3) is 0 Å². The average Bonchev–Trinajstić information content (AvgIpc) is 2.55. The van der Waals surface area contributed by atoms with Crippen molar-refractivity contribution >= 4 is 5.82 Å². The van der Waals surface area contributed by atoms with E-state index < -0.39 is 0 Å². The first-order valence-electron chi connectivity index (χ1n) is 8.47. The van der Waals surface area contributed by atoms with Gasteiger partial charge >= 0.3 is 0 Å². The number of anilines is 1. The van der Waals surface area contributed by atoms with E-state index in [0.717, 1.165) is 30.1 Å². The lowest BCUT2D eigenvalue weighted by molar-refractivity contribution is 0.328. The van der Waals surface area contributed by atoms with E-state index >= 15 is 0 Å². The Kier molecular flexibility index (Phi) is 4.43. The highest BCUT2D eigenvalue weighted by Gasteiger charge is 2.22. The van der Waals surface area contributed by atoms with E-state index in [1.807, 2.05) is 0 Å². The Hall–Kier alpha value is -1.56. The van der Waals surface area contributed by atoms with Crippen molar-refractivity contribution in [3.63, 3.8) is 0 Å². The van der Waals surface area contributed by atoms with Gasteiger partial charge in [-0.2, -0.15) is 5.26 Å². The Morgan fingerprint density at radius 3 is 2.71 bits per heavy atom. The Morgan fingerprint density at radius 1 is 1.19 bits per heavy atom. The fourth-order valence-corrected chi connectivity index (χ4v) is 3.80. The van der Waals surface area contributed by atoms with Crippen LogP contribution in [0.25, 0.3) is 0 Å².